The highest BCUT2D eigenvalue weighted by atomic mass is 35.5. The average molecular weight is 275 g/mol. The molecule has 7 heteroatoms. The highest BCUT2D eigenvalue weighted by Crippen LogP contribution is 2.16. The molecule has 0 radical (unpaired) electrons. The van der Waals surface area contributed by atoms with Gasteiger partial charge in [-0.05, 0) is 36.7 Å². The molecule has 96 valence electrons. The summed E-state index contributed by atoms with van der Waals surface area (Å²) in [4.78, 5) is 12.1. The van der Waals surface area contributed by atoms with E-state index in [2.05, 4.69) is 31.7 Å². The first-order chi connectivity index (χ1) is 9.21. The van der Waals surface area contributed by atoms with Crippen LogP contribution < -0.4 is 10.6 Å². The van der Waals surface area contributed by atoms with Gasteiger partial charge in [-0.3, -0.25) is 0 Å². The second-order valence-corrected chi connectivity index (χ2v) is 3.94. The number of nitrogens with one attached hydrogen (secondary N) is 2. The summed E-state index contributed by atoms with van der Waals surface area (Å²) in [7, 11) is 0. The Morgan fingerprint density at radius 1 is 1.26 bits per heavy atom. The number of nitrogens with zero attached hydrogens (tertiary/aromatic N) is 4. The van der Waals surface area contributed by atoms with Crippen molar-refractivity contribution in [3.05, 3.63) is 35.1 Å². The molecule has 6 nitrogen and oxygen atoms in total. The lowest BCUT2D eigenvalue weighted by molar-refractivity contribution is 1.02. The maximum absolute atomic E-state index is 8.84. The van der Waals surface area contributed by atoms with Gasteiger partial charge in [0, 0.05) is 12.2 Å². The minimum absolute atomic E-state index is 0.102. The number of benzene rings is 1. The summed E-state index contributed by atoms with van der Waals surface area (Å²) in [6.07, 6.45) is 0. The van der Waals surface area contributed by atoms with Gasteiger partial charge in [0.25, 0.3) is 0 Å². The standard InChI is InChI=1S/C12H11ClN6/c1-2-15-11-17-10(13)18-12(19-11)16-9-5-3-4-8(6-9)7-14/h3-6H,2H2,1H3,(H2,15,16,17,18,19). The van der Waals surface area contributed by atoms with E-state index < -0.39 is 0 Å². The van der Waals surface area contributed by atoms with E-state index >= 15 is 0 Å². The first-order valence-electron chi connectivity index (χ1n) is 5.64. The summed E-state index contributed by atoms with van der Waals surface area (Å²) in [6.45, 7) is 2.62. The van der Waals surface area contributed by atoms with Crippen LogP contribution in [-0.2, 0) is 0 Å². The van der Waals surface area contributed by atoms with E-state index in [0.29, 0.717) is 29.7 Å². The molecule has 0 atom stereocenters. The van der Waals surface area contributed by atoms with Crippen LogP contribution in [0.25, 0.3) is 0 Å². The molecule has 2 rings (SSSR count). The quantitative estimate of drug-likeness (QED) is 0.891. The Kier molecular flexibility index (Phi) is 4.11. The molecular weight excluding hydrogens is 264 g/mol. The Bertz CT molecular complexity index is 622. The molecule has 0 saturated carbocycles. The highest BCUT2D eigenvalue weighted by molar-refractivity contribution is 6.28. The molecule has 0 unspecified atom stereocenters. The van der Waals surface area contributed by atoms with Crippen molar-refractivity contribution in [2.24, 2.45) is 0 Å². The number of nitriles is 1. The van der Waals surface area contributed by atoms with Gasteiger partial charge in [-0.2, -0.15) is 20.2 Å². The normalized spacial score (nSPS) is 9.74. The first-order valence-corrected chi connectivity index (χ1v) is 6.01. The maximum Gasteiger partial charge on any atom is 0.233 e. The van der Waals surface area contributed by atoms with Crippen molar-refractivity contribution in [2.75, 3.05) is 17.2 Å². The van der Waals surface area contributed by atoms with E-state index in [1.54, 1.807) is 18.2 Å². The fourth-order valence-electron chi connectivity index (χ4n) is 1.44. The molecule has 2 N–H and O–H groups in total. The van der Waals surface area contributed by atoms with E-state index in [4.69, 9.17) is 16.9 Å². The molecule has 0 amide bonds. The Morgan fingerprint density at radius 3 is 2.79 bits per heavy atom. The molecule has 2 aromatic rings. The fraction of sp³-hybridized carbons (Fsp3) is 0.167. The van der Waals surface area contributed by atoms with Crippen LogP contribution in [0.2, 0.25) is 5.28 Å². The summed E-state index contributed by atoms with van der Waals surface area (Å²) in [5.74, 6) is 0.729. The second-order valence-electron chi connectivity index (χ2n) is 3.60. The molecule has 0 aliphatic rings. The number of rotatable bonds is 4. The second kappa shape index (κ2) is 5.98. The zero-order valence-electron chi connectivity index (χ0n) is 10.2. The summed E-state index contributed by atoms with van der Waals surface area (Å²) < 4.78 is 0. The minimum atomic E-state index is 0.102. The molecule has 1 heterocycles. The Morgan fingerprint density at radius 2 is 2.05 bits per heavy atom. The summed E-state index contributed by atoms with van der Waals surface area (Å²) in [5, 5.41) is 14.9. The molecule has 0 bridgehead atoms. The summed E-state index contributed by atoms with van der Waals surface area (Å²) >= 11 is 5.82. The van der Waals surface area contributed by atoms with Gasteiger partial charge >= 0.3 is 0 Å². The van der Waals surface area contributed by atoms with Crippen molar-refractivity contribution in [3.8, 4) is 6.07 Å². The van der Waals surface area contributed by atoms with Crippen molar-refractivity contribution in [3.63, 3.8) is 0 Å². The average Bonchev–Trinajstić information content (AvgIpc) is 2.38. The van der Waals surface area contributed by atoms with Crippen LogP contribution in [-0.4, -0.2) is 21.5 Å². The van der Waals surface area contributed by atoms with Gasteiger partial charge in [-0.15, -0.1) is 0 Å². The van der Waals surface area contributed by atoms with Crippen LogP contribution in [0, 0.1) is 11.3 Å². The molecule has 1 aromatic carbocycles. The molecule has 19 heavy (non-hydrogen) atoms. The smallest absolute Gasteiger partial charge is 0.233 e. The van der Waals surface area contributed by atoms with Crippen molar-refractivity contribution < 1.29 is 0 Å². The van der Waals surface area contributed by atoms with Gasteiger partial charge in [-0.1, -0.05) is 6.07 Å². The lowest BCUT2D eigenvalue weighted by Crippen LogP contribution is -2.06. The topological polar surface area (TPSA) is 86.5 Å². The van der Waals surface area contributed by atoms with Gasteiger partial charge in [0.15, 0.2) is 0 Å². The van der Waals surface area contributed by atoms with Crippen molar-refractivity contribution in [1.29, 1.82) is 5.26 Å². The lowest BCUT2D eigenvalue weighted by Gasteiger charge is -2.07. The van der Waals surface area contributed by atoms with Crippen molar-refractivity contribution in [2.45, 2.75) is 6.92 Å². The first kappa shape index (κ1) is 13.1. The molecule has 0 spiro atoms. The van der Waals surface area contributed by atoms with Crippen LogP contribution in [0.4, 0.5) is 17.6 Å². The van der Waals surface area contributed by atoms with E-state index in [9.17, 15) is 0 Å². The van der Waals surface area contributed by atoms with Crippen LogP contribution >= 0.6 is 11.6 Å². The predicted octanol–water partition coefficient (Wildman–Crippen LogP) is 2.57. The number of anilines is 3. The summed E-state index contributed by atoms with van der Waals surface area (Å²) in [5.41, 5.74) is 1.26. The monoisotopic (exact) mass is 274 g/mol. The van der Waals surface area contributed by atoms with Gasteiger partial charge in [0.1, 0.15) is 0 Å². The molecule has 0 saturated heterocycles. The zero-order chi connectivity index (χ0) is 13.7. The third-order valence-corrected chi connectivity index (χ3v) is 2.36. The van der Waals surface area contributed by atoms with Crippen LogP contribution in [0.1, 0.15) is 12.5 Å². The summed E-state index contributed by atoms with van der Waals surface area (Å²) in [6, 6.07) is 9.07. The number of aromatic nitrogens is 3. The van der Waals surface area contributed by atoms with E-state index in [1.807, 2.05) is 13.0 Å². The van der Waals surface area contributed by atoms with Gasteiger partial charge in [0.2, 0.25) is 17.2 Å². The maximum atomic E-state index is 8.84. The minimum Gasteiger partial charge on any atom is -0.354 e. The third-order valence-electron chi connectivity index (χ3n) is 2.19. The number of hydrogen-bond donors (Lipinski definition) is 2. The highest BCUT2D eigenvalue weighted by Gasteiger charge is 2.05. The largest absolute Gasteiger partial charge is 0.354 e. The Labute approximate surface area is 115 Å². The molecule has 0 aliphatic heterocycles. The number of hydrogen-bond acceptors (Lipinski definition) is 6. The van der Waals surface area contributed by atoms with Crippen LogP contribution in [0.3, 0.4) is 0 Å². The zero-order valence-corrected chi connectivity index (χ0v) is 10.9. The third kappa shape index (κ3) is 3.53. The molecule has 0 aliphatic carbocycles. The van der Waals surface area contributed by atoms with Crippen LogP contribution in [0.15, 0.2) is 24.3 Å². The SMILES string of the molecule is CCNc1nc(Cl)nc(Nc2cccc(C#N)c2)n1. The van der Waals surface area contributed by atoms with Crippen LogP contribution in [0.5, 0.6) is 0 Å². The van der Waals surface area contributed by atoms with Crippen molar-refractivity contribution >= 4 is 29.2 Å². The van der Waals surface area contributed by atoms with Gasteiger partial charge < -0.3 is 10.6 Å². The fourth-order valence-corrected chi connectivity index (χ4v) is 1.60. The predicted molar refractivity (Wildman–Crippen MR) is 73.4 cm³/mol. The van der Waals surface area contributed by atoms with Gasteiger partial charge in [0.05, 0.1) is 11.6 Å². The van der Waals surface area contributed by atoms with Gasteiger partial charge in [-0.25, -0.2) is 0 Å². The number of halogens is 1. The van der Waals surface area contributed by atoms with Crippen molar-refractivity contribution in [1.82, 2.24) is 15.0 Å². The molecule has 1 aromatic heterocycles. The van der Waals surface area contributed by atoms with E-state index in [1.165, 1.54) is 0 Å². The Balaban J connectivity index is 2.25. The lowest BCUT2D eigenvalue weighted by atomic mass is 10.2. The Hall–Kier alpha value is -2.39. The molecular formula is C12H11ClN6. The molecule has 0 fully saturated rings. The van der Waals surface area contributed by atoms with E-state index in [-0.39, 0.29) is 5.28 Å². The van der Waals surface area contributed by atoms with E-state index in [0.717, 1.165) is 0 Å².